The molecule has 6 heteroatoms. The number of aromatic nitrogens is 2. The number of ether oxygens (including phenoxy) is 1. The zero-order valence-electron chi connectivity index (χ0n) is 18.4. The number of nitrogens with zero attached hydrogens (tertiary/aromatic N) is 4. The average Bonchev–Trinajstić information content (AvgIpc) is 3.45. The molecule has 0 bridgehead atoms. The highest BCUT2D eigenvalue weighted by atomic mass is 16.6. The minimum atomic E-state index is 0.669. The zero-order chi connectivity index (χ0) is 21.0. The zero-order valence-corrected chi connectivity index (χ0v) is 18.4. The number of benzene rings is 2. The number of fused-ring (bicyclic) bond motifs is 2. The second kappa shape index (κ2) is 9.47. The standard InChI is InChI=1S/C25H32N4O2/c1-30-13-12-28(18-22-9-4-10-24-25(22)27-31-26-24)16-19-6-5-11-29(17-19)23-14-20-7-2-3-8-21(20)15-23/h2-4,7-10,19,23H,5-6,11-18H2,1H3. The summed E-state index contributed by atoms with van der Waals surface area (Å²) in [6.45, 7) is 6.02. The fourth-order valence-corrected chi connectivity index (χ4v) is 5.42. The topological polar surface area (TPSA) is 54.6 Å². The molecule has 1 unspecified atom stereocenters. The van der Waals surface area contributed by atoms with Crippen molar-refractivity contribution in [1.82, 2.24) is 20.1 Å². The molecule has 1 aliphatic heterocycles. The Morgan fingerprint density at radius 3 is 2.74 bits per heavy atom. The molecule has 0 radical (unpaired) electrons. The van der Waals surface area contributed by atoms with E-state index in [1.165, 1.54) is 44.3 Å². The minimum Gasteiger partial charge on any atom is -0.383 e. The van der Waals surface area contributed by atoms with Crippen molar-refractivity contribution in [2.75, 3.05) is 39.9 Å². The molecule has 31 heavy (non-hydrogen) atoms. The highest BCUT2D eigenvalue weighted by molar-refractivity contribution is 5.76. The van der Waals surface area contributed by atoms with E-state index in [0.29, 0.717) is 12.0 Å². The van der Waals surface area contributed by atoms with Crippen molar-refractivity contribution in [3.63, 3.8) is 0 Å². The van der Waals surface area contributed by atoms with Crippen LogP contribution in [0.15, 0.2) is 47.1 Å². The van der Waals surface area contributed by atoms with Gasteiger partial charge in [-0.15, -0.1) is 0 Å². The van der Waals surface area contributed by atoms with Gasteiger partial charge in [0.05, 0.1) is 6.61 Å². The molecule has 1 aromatic heterocycles. The molecule has 5 rings (SSSR count). The highest BCUT2D eigenvalue weighted by Gasteiger charge is 2.31. The Hall–Kier alpha value is -2.28. The van der Waals surface area contributed by atoms with Crippen molar-refractivity contribution in [1.29, 1.82) is 0 Å². The molecule has 0 amide bonds. The van der Waals surface area contributed by atoms with Crippen LogP contribution < -0.4 is 0 Å². The molecular weight excluding hydrogens is 388 g/mol. The Kier molecular flexibility index (Phi) is 6.30. The number of methoxy groups -OCH3 is 1. The molecule has 3 aromatic rings. The summed E-state index contributed by atoms with van der Waals surface area (Å²) < 4.78 is 10.4. The third-order valence-corrected chi connectivity index (χ3v) is 6.99. The van der Waals surface area contributed by atoms with Crippen molar-refractivity contribution in [3.8, 4) is 0 Å². The summed E-state index contributed by atoms with van der Waals surface area (Å²) in [7, 11) is 1.78. The maximum atomic E-state index is 5.41. The maximum Gasteiger partial charge on any atom is 0.139 e. The first-order valence-electron chi connectivity index (χ1n) is 11.5. The monoisotopic (exact) mass is 420 g/mol. The van der Waals surface area contributed by atoms with E-state index in [0.717, 1.165) is 37.3 Å². The van der Waals surface area contributed by atoms with Gasteiger partial charge < -0.3 is 4.74 Å². The third-order valence-electron chi connectivity index (χ3n) is 6.99. The van der Waals surface area contributed by atoms with Crippen molar-refractivity contribution in [2.24, 2.45) is 5.92 Å². The van der Waals surface area contributed by atoms with Gasteiger partial charge in [-0.25, -0.2) is 4.63 Å². The minimum absolute atomic E-state index is 0.669. The van der Waals surface area contributed by atoms with Gasteiger partial charge in [-0.2, -0.15) is 0 Å². The Morgan fingerprint density at radius 1 is 1.10 bits per heavy atom. The first-order valence-corrected chi connectivity index (χ1v) is 11.5. The van der Waals surface area contributed by atoms with Crippen LogP contribution in [0.3, 0.4) is 0 Å². The van der Waals surface area contributed by atoms with E-state index in [4.69, 9.17) is 9.37 Å². The first kappa shape index (κ1) is 20.6. The molecule has 2 heterocycles. The second-order valence-corrected chi connectivity index (χ2v) is 9.11. The summed E-state index contributed by atoms with van der Waals surface area (Å²) in [5.41, 5.74) is 5.97. The van der Waals surface area contributed by atoms with Crippen LogP contribution in [0.4, 0.5) is 0 Å². The SMILES string of the molecule is COCCN(Cc1cccc2nonc12)CC1CCCN(C2Cc3ccccc3C2)C1. The third kappa shape index (κ3) is 4.66. The van der Waals surface area contributed by atoms with Crippen LogP contribution in [0.1, 0.15) is 29.5 Å². The van der Waals surface area contributed by atoms with Gasteiger partial charge in [0.1, 0.15) is 11.0 Å². The predicted octanol–water partition coefficient (Wildman–Crippen LogP) is 3.55. The van der Waals surface area contributed by atoms with Crippen molar-refractivity contribution in [2.45, 2.75) is 38.3 Å². The summed E-state index contributed by atoms with van der Waals surface area (Å²) in [5, 5.41) is 8.13. The van der Waals surface area contributed by atoms with Crippen LogP contribution in [-0.2, 0) is 24.1 Å². The van der Waals surface area contributed by atoms with Gasteiger partial charge in [-0.1, -0.05) is 36.4 Å². The molecule has 164 valence electrons. The van der Waals surface area contributed by atoms with Gasteiger partial charge in [0, 0.05) is 39.3 Å². The highest BCUT2D eigenvalue weighted by Crippen LogP contribution is 2.29. The normalized spacial score (nSPS) is 20.0. The number of piperidine rings is 1. The van der Waals surface area contributed by atoms with Crippen molar-refractivity contribution >= 4 is 11.0 Å². The van der Waals surface area contributed by atoms with Crippen LogP contribution >= 0.6 is 0 Å². The summed E-state index contributed by atoms with van der Waals surface area (Å²) in [5.74, 6) is 0.684. The van der Waals surface area contributed by atoms with Crippen LogP contribution in [-0.4, -0.2) is 66.1 Å². The molecule has 0 saturated carbocycles. The fraction of sp³-hybridized carbons (Fsp3) is 0.520. The Bertz CT molecular complexity index is 979. The second-order valence-electron chi connectivity index (χ2n) is 9.11. The summed E-state index contributed by atoms with van der Waals surface area (Å²) in [6.07, 6.45) is 5.00. The van der Waals surface area contributed by atoms with Gasteiger partial charge in [0.25, 0.3) is 0 Å². The van der Waals surface area contributed by atoms with Gasteiger partial charge in [0.2, 0.25) is 0 Å². The molecule has 0 N–H and O–H groups in total. The Balaban J connectivity index is 1.24. The van der Waals surface area contributed by atoms with E-state index in [2.05, 4.69) is 50.4 Å². The van der Waals surface area contributed by atoms with Crippen molar-refractivity contribution < 1.29 is 9.37 Å². The van der Waals surface area contributed by atoms with Crippen LogP contribution in [0.5, 0.6) is 0 Å². The van der Waals surface area contributed by atoms with Crippen LogP contribution in [0, 0.1) is 5.92 Å². The summed E-state index contributed by atoms with van der Waals surface area (Å²) >= 11 is 0. The maximum absolute atomic E-state index is 5.41. The summed E-state index contributed by atoms with van der Waals surface area (Å²) in [6, 6.07) is 15.8. The van der Waals surface area contributed by atoms with Crippen LogP contribution in [0.25, 0.3) is 11.0 Å². The molecule has 0 spiro atoms. The lowest BCUT2D eigenvalue weighted by Gasteiger charge is -2.38. The quantitative estimate of drug-likeness (QED) is 0.556. The van der Waals surface area contributed by atoms with Gasteiger partial charge in [-0.3, -0.25) is 9.80 Å². The van der Waals surface area contributed by atoms with E-state index < -0.39 is 0 Å². The number of likely N-dealkylation sites (tertiary alicyclic amines) is 1. The van der Waals surface area contributed by atoms with E-state index in [1.54, 1.807) is 18.2 Å². The lowest BCUT2D eigenvalue weighted by molar-refractivity contribution is 0.0845. The molecule has 6 nitrogen and oxygen atoms in total. The Labute approximate surface area is 184 Å². The Morgan fingerprint density at radius 2 is 1.94 bits per heavy atom. The predicted molar refractivity (Wildman–Crippen MR) is 121 cm³/mol. The molecular formula is C25H32N4O2. The molecule has 2 aromatic carbocycles. The van der Waals surface area contributed by atoms with E-state index in [9.17, 15) is 0 Å². The number of rotatable bonds is 8. The lowest BCUT2D eigenvalue weighted by Crippen LogP contribution is -2.46. The smallest absolute Gasteiger partial charge is 0.139 e. The van der Waals surface area contributed by atoms with Gasteiger partial charge in [-0.05, 0) is 71.2 Å². The molecule has 1 atom stereocenters. The average molecular weight is 421 g/mol. The molecule has 1 saturated heterocycles. The fourth-order valence-electron chi connectivity index (χ4n) is 5.42. The van der Waals surface area contributed by atoms with Crippen LogP contribution in [0.2, 0.25) is 0 Å². The molecule has 1 aliphatic carbocycles. The van der Waals surface area contributed by atoms with Gasteiger partial charge in [0.15, 0.2) is 0 Å². The summed E-state index contributed by atoms with van der Waals surface area (Å²) in [4.78, 5) is 5.27. The number of hydrogen-bond donors (Lipinski definition) is 0. The first-order chi connectivity index (χ1) is 15.3. The van der Waals surface area contributed by atoms with Crippen molar-refractivity contribution in [3.05, 3.63) is 59.2 Å². The number of hydrogen-bond acceptors (Lipinski definition) is 6. The van der Waals surface area contributed by atoms with E-state index >= 15 is 0 Å². The van der Waals surface area contributed by atoms with E-state index in [-0.39, 0.29) is 0 Å². The lowest BCUT2D eigenvalue weighted by atomic mass is 9.95. The van der Waals surface area contributed by atoms with E-state index in [1.807, 2.05) is 12.1 Å². The molecule has 1 fully saturated rings. The van der Waals surface area contributed by atoms with Gasteiger partial charge >= 0.3 is 0 Å². The largest absolute Gasteiger partial charge is 0.383 e. The molecule has 2 aliphatic rings.